The van der Waals surface area contributed by atoms with Crippen LogP contribution in [0.15, 0.2) is 35.5 Å². The molecule has 2 N–H and O–H groups in total. The molecule has 26 heavy (non-hydrogen) atoms. The minimum absolute atomic E-state index is 0.0671. The van der Waals surface area contributed by atoms with Crippen LogP contribution in [0, 0.1) is 5.92 Å². The van der Waals surface area contributed by atoms with Crippen molar-refractivity contribution in [2.75, 3.05) is 7.11 Å². The quantitative estimate of drug-likeness (QED) is 0.808. The van der Waals surface area contributed by atoms with Crippen molar-refractivity contribution in [2.45, 2.75) is 51.7 Å². The van der Waals surface area contributed by atoms with Gasteiger partial charge < -0.3 is 20.1 Å². The SMILES string of the molecule is COc1ccccc1[C@@H]1NC(=O)NC(C)=C1C(=O)O[C@H]1CCC[C@H](C)C1. The van der Waals surface area contributed by atoms with Gasteiger partial charge >= 0.3 is 12.0 Å². The second-order valence-electron chi connectivity index (χ2n) is 7.11. The molecule has 3 rings (SSSR count). The molecule has 1 saturated carbocycles. The average molecular weight is 358 g/mol. The Morgan fingerprint density at radius 3 is 2.73 bits per heavy atom. The lowest BCUT2D eigenvalue weighted by molar-refractivity contribution is -0.146. The molecule has 0 bridgehead atoms. The smallest absolute Gasteiger partial charge is 0.338 e. The van der Waals surface area contributed by atoms with Crippen molar-refractivity contribution in [3.8, 4) is 5.75 Å². The summed E-state index contributed by atoms with van der Waals surface area (Å²) < 4.78 is 11.2. The molecular formula is C20H26N2O4. The Labute approximate surface area is 153 Å². The fourth-order valence-corrected chi connectivity index (χ4v) is 3.80. The second-order valence-corrected chi connectivity index (χ2v) is 7.11. The number of amides is 2. The Morgan fingerprint density at radius 1 is 1.23 bits per heavy atom. The van der Waals surface area contributed by atoms with Gasteiger partial charge in [-0.15, -0.1) is 0 Å². The molecule has 6 nitrogen and oxygen atoms in total. The minimum atomic E-state index is -0.603. The first-order valence-corrected chi connectivity index (χ1v) is 9.11. The summed E-state index contributed by atoms with van der Waals surface area (Å²) in [6.07, 6.45) is 3.96. The van der Waals surface area contributed by atoms with E-state index in [9.17, 15) is 9.59 Å². The van der Waals surface area contributed by atoms with Gasteiger partial charge in [0.1, 0.15) is 11.9 Å². The van der Waals surface area contributed by atoms with Crippen LogP contribution in [-0.4, -0.2) is 25.2 Å². The molecule has 0 radical (unpaired) electrons. The number of methoxy groups -OCH3 is 1. The molecule has 6 heteroatoms. The monoisotopic (exact) mass is 358 g/mol. The van der Waals surface area contributed by atoms with Crippen molar-refractivity contribution in [1.29, 1.82) is 0 Å². The number of carbonyl (C=O) groups is 2. The zero-order valence-corrected chi connectivity index (χ0v) is 15.5. The summed E-state index contributed by atoms with van der Waals surface area (Å²) in [7, 11) is 1.57. The number of urea groups is 1. The highest BCUT2D eigenvalue weighted by atomic mass is 16.5. The van der Waals surface area contributed by atoms with Gasteiger partial charge in [0.15, 0.2) is 0 Å². The van der Waals surface area contributed by atoms with E-state index in [1.54, 1.807) is 14.0 Å². The molecule has 1 aliphatic carbocycles. The third-order valence-electron chi connectivity index (χ3n) is 5.10. The zero-order valence-electron chi connectivity index (χ0n) is 15.5. The van der Waals surface area contributed by atoms with Crippen LogP contribution in [0.5, 0.6) is 5.75 Å². The van der Waals surface area contributed by atoms with Crippen LogP contribution in [0.3, 0.4) is 0 Å². The van der Waals surface area contributed by atoms with Gasteiger partial charge in [-0.3, -0.25) is 0 Å². The normalized spacial score (nSPS) is 26.0. The largest absolute Gasteiger partial charge is 0.496 e. The summed E-state index contributed by atoms with van der Waals surface area (Å²) in [5.74, 6) is 0.792. The number of para-hydroxylation sites is 1. The topological polar surface area (TPSA) is 76.7 Å². The molecule has 2 amide bonds. The van der Waals surface area contributed by atoms with Crippen LogP contribution >= 0.6 is 0 Å². The van der Waals surface area contributed by atoms with Crippen LogP contribution in [0.4, 0.5) is 4.79 Å². The molecule has 0 saturated heterocycles. The van der Waals surface area contributed by atoms with E-state index in [0.717, 1.165) is 24.8 Å². The number of hydrogen-bond donors (Lipinski definition) is 2. The van der Waals surface area contributed by atoms with Crippen molar-refractivity contribution < 1.29 is 19.1 Å². The third-order valence-corrected chi connectivity index (χ3v) is 5.10. The number of allylic oxidation sites excluding steroid dienone is 1. The highest BCUT2D eigenvalue weighted by Gasteiger charge is 2.35. The van der Waals surface area contributed by atoms with Gasteiger partial charge in [-0.25, -0.2) is 9.59 Å². The molecule has 140 valence electrons. The summed E-state index contributed by atoms with van der Waals surface area (Å²) in [4.78, 5) is 25.0. The molecule has 0 spiro atoms. The van der Waals surface area contributed by atoms with E-state index < -0.39 is 6.04 Å². The van der Waals surface area contributed by atoms with Crippen molar-refractivity contribution in [1.82, 2.24) is 10.6 Å². The minimum Gasteiger partial charge on any atom is -0.496 e. The summed E-state index contributed by atoms with van der Waals surface area (Å²) in [6.45, 7) is 3.91. The van der Waals surface area contributed by atoms with E-state index >= 15 is 0 Å². The van der Waals surface area contributed by atoms with E-state index in [4.69, 9.17) is 9.47 Å². The van der Waals surface area contributed by atoms with Gasteiger partial charge in [0.2, 0.25) is 0 Å². The highest BCUT2D eigenvalue weighted by Crippen LogP contribution is 2.34. The number of hydrogen-bond acceptors (Lipinski definition) is 4. The van der Waals surface area contributed by atoms with Crippen molar-refractivity contribution in [3.63, 3.8) is 0 Å². The second kappa shape index (κ2) is 7.81. The molecule has 1 aliphatic heterocycles. The number of ether oxygens (including phenoxy) is 2. The van der Waals surface area contributed by atoms with E-state index in [1.165, 1.54) is 6.42 Å². The standard InChI is InChI=1S/C20H26N2O4/c1-12-7-6-8-14(11-12)26-19(23)17-13(2)21-20(24)22-18(17)15-9-4-5-10-16(15)25-3/h4-5,9-10,12,14,18H,6-8,11H2,1-3H3,(H2,21,22,24)/t12-,14-,18-/m0/s1. The fourth-order valence-electron chi connectivity index (χ4n) is 3.80. The lowest BCUT2D eigenvalue weighted by Crippen LogP contribution is -2.45. The summed E-state index contributed by atoms with van der Waals surface area (Å²) in [5, 5.41) is 5.51. The first kappa shape index (κ1) is 18.3. The van der Waals surface area contributed by atoms with Crippen molar-refractivity contribution in [2.24, 2.45) is 5.92 Å². The van der Waals surface area contributed by atoms with E-state index in [-0.39, 0.29) is 18.1 Å². The summed E-state index contributed by atoms with van der Waals surface area (Å²) >= 11 is 0. The Morgan fingerprint density at radius 2 is 2.00 bits per heavy atom. The number of carbonyl (C=O) groups excluding carboxylic acids is 2. The van der Waals surface area contributed by atoms with E-state index in [0.29, 0.717) is 22.9 Å². The van der Waals surface area contributed by atoms with Crippen LogP contribution < -0.4 is 15.4 Å². The van der Waals surface area contributed by atoms with Gasteiger partial charge in [-0.1, -0.05) is 31.5 Å². The number of rotatable bonds is 4. The molecule has 3 atom stereocenters. The van der Waals surface area contributed by atoms with Crippen LogP contribution in [0.1, 0.15) is 51.1 Å². The molecule has 1 fully saturated rings. The first-order chi connectivity index (χ1) is 12.5. The maximum atomic E-state index is 13.0. The lowest BCUT2D eigenvalue weighted by atomic mass is 9.88. The van der Waals surface area contributed by atoms with Gasteiger partial charge in [0, 0.05) is 11.3 Å². The Hall–Kier alpha value is -2.50. The fraction of sp³-hybridized carbons (Fsp3) is 0.500. The predicted octanol–water partition coefficient (Wildman–Crippen LogP) is 3.45. The Kier molecular flexibility index (Phi) is 5.49. The van der Waals surface area contributed by atoms with Crippen LogP contribution in [0.25, 0.3) is 0 Å². The van der Waals surface area contributed by atoms with Crippen molar-refractivity contribution >= 4 is 12.0 Å². The Bertz CT molecular complexity index is 728. The van der Waals surface area contributed by atoms with Gasteiger partial charge in [0.25, 0.3) is 0 Å². The third kappa shape index (κ3) is 3.84. The molecule has 0 aromatic heterocycles. The summed E-state index contributed by atoms with van der Waals surface area (Å²) in [6, 6.07) is 6.41. The van der Waals surface area contributed by atoms with E-state index in [2.05, 4.69) is 17.6 Å². The maximum Gasteiger partial charge on any atom is 0.338 e. The molecule has 1 aromatic carbocycles. The number of nitrogens with one attached hydrogen (secondary N) is 2. The first-order valence-electron chi connectivity index (χ1n) is 9.11. The number of benzene rings is 1. The summed E-state index contributed by atoms with van der Waals surface area (Å²) in [5.41, 5.74) is 1.67. The highest BCUT2D eigenvalue weighted by molar-refractivity contribution is 5.95. The molecule has 0 unspecified atom stereocenters. The van der Waals surface area contributed by atoms with Crippen LogP contribution in [0.2, 0.25) is 0 Å². The average Bonchev–Trinajstić information content (AvgIpc) is 2.60. The predicted molar refractivity (Wildman–Crippen MR) is 97.6 cm³/mol. The maximum absolute atomic E-state index is 13.0. The van der Waals surface area contributed by atoms with Gasteiger partial charge in [-0.05, 0) is 38.2 Å². The molecule has 1 aromatic rings. The molecule has 1 heterocycles. The zero-order chi connectivity index (χ0) is 18.7. The lowest BCUT2D eigenvalue weighted by Gasteiger charge is -2.31. The van der Waals surface area contributed by atoms with E-state index in [1.807, 2.05) is 24.3 Å². The van der Waals surface area contributed by atoms with Crippen LogP contribution in [-0.2, 0) is 9.53 Å². The van der Waals surface area contributed by atoms with Gasteiger partial charge in [-0.2, -0.15) is 0 Å². The molecular weight excluding hydrogens is 332 g/mol. The molecule has 2 aliphatic rings. The number of esters is 1. The Balaban J connectivity index is 1.89. The van der Waals surface area contributed by atoms with Gasteiger partial charge in [0.05, 0.1) is 18.7 Å². The van der Waals surface area contributed by atoms with Crippen molar-refractivity contribution in [3.05, 3.63) is 41.1 Å².